The number of hydrogen-bond donors (Lipinski definition) is 1. The monoisotopic (exact) mass is 297 g/mol. The van der Waals surface area contributed by atoms with Gasteiger partial charge in [0.15, 0.2) is 0 Å². The zero-order chi connectivity index (χ0) is 15.7. The van der Waals surface area contributed by atoms with E-state index in [9.17, 15) is 4.79 Å². The van der Waals surface area contributed by atoms with Gasteiger partial charge in [0, 0.05) is 37.0 Å². The fraction of sp³-hybridized carbons (Fsp3) is 0.444. The Labute approximate surface area is 131 Å². The van der Waals surface area contributed by atoms with E-state index in [0.717, 1.165) is 36.5 Å². The summed E-state index contributed by atoms with van der Waals surface area (Å²) in [7, 11) is 0. The Hall–Kier alpha value is -2.10. The van der Waals surface area contributed by atoms with Crippen molar-refractivity contribution in [3.63, 3.8) is 0 Å². The van der Waals surface area contributed by atoms with Gasteiger partial charge in [0.25, 0.3) is 0 Å². The molecule has 0 aliphatic carbocycles. The van der Waals surface area contributed by atoms with Crippen molar-refractivity contribution in [1.82, 2.24) is 9.55 Å². The highest BCUT2D eigenvalue weighted by Gasteiger charge is 2.26. The molecule has 1 amide bonds. The van der Waals surface area contributed by atoms with Crippen LogP contribution in [0.5, 0.6) is 0 Å². The number of nitrogens with one attached hydrogen (secondary N) is 1. The topological polar surface area (TPSA) is 46.9 Å². The highest BCUT2D eigenvalue weighted by molar-refractivity contribution is 5.94. The molecule has 0 bridgehead atoms. The maximum atomic E-state index is 12.7. The molecule has 22 heavy (non-hydrogen) atoms. The number of imidazole rings is 1. The molecule has 0 fully saturated rings. The number of para-hydroxylation sites is 1. The van der Waals surface area contributed by atoms with E-state index < -0.39 is 0 Å². The van der Waals surface area contributed by atoms with Crippen LogP contribution in [0.2, 0.25) is 0 Å². The van der Waals surface area contributed by atoms with Crippen LogP contribution in [-0.4, -0.2) is 15.5 Å². The van der Waals surface area contributed by atoms with E-state index in [2.05, 4.69) is 53.8 Å². The van der Waals surface area contributed by atoms with Crippen LogP contribution >= 0.6 is 0 Å². The van der Waals surface area contributed by atoms with E-state index in [-0.39, 0.29) is 11.8 Å². The molecule has 1 aliphatic heterocycles. The van der Waals surface area contributed by atoms with Crippen molar-refractivity contribution in [3.8, 4) is 0 Å². The number of fused-ring (bicyclic) bond motifs is 1. The summed E-state index contributed by atoms with van der Waals surface area (Å²) in [6.07, 6.45) is 5.40. The van der Waals surface area contributed by atoms with Gasteiger partial charge in [-0.25, -0.2) is 4.98 Å². The van der Waals surface area contributed by atoms with Crippen molar-refractivity contribution in [1.29, 1.82) is 0 Å². The third kappa shape index (κ3) is 2.78. The van der Waals surface area contributed by atoms with E-state index in [4.69, 9.17) is 0 Å². The lowest BCUT2D eigenvalue weighted by atomic mass is 9.94. The normalized spacial score (nSPS) is 17.4. The molecule has 1 aromatic carbocycles. The summed E-state index contributed by atoms with van der Waals surface area (Å²) in [5, 5.41) is 3.18. The predicted molar refractivity (Wildman–Crippen MR) is 87.9 cm³/mol. The van der Waals surface area contributed by atoms with Gasteiger partial charge in [-0.1, -0.05) is 32.0 Å². The Balaban J connectivity index is 1.78. The summed E-state index contributed by atoms with van der Waals surface area (Å²) in [6.45, 7) is 7.23. The summed E-state index contributed by atoms with van der Waals surface area (Å²) in [6, 6.07) is 6.20. The molecule has 116 valence electrons. The first-order valence-electron chi connectivity index (χ1n) is 7.96. The summed E-state index contributed by atoms with van der Waals surface area (Å²) >= 11 is 0. The molecule has 0 radical (unpaired) electrons. The number of hydrogen-bond acceptors (Lipinski definition) is 2. The van der Waals surface area contributed by atoms with Gasteiger partial charge in [-0.2, -0.15) is 0 Å². The molecule has 1 N–H and O–H groups in total. The first-order valence-corrected chi connectivity index (χ1v) is 7.96. The van der Waals surface area contributed by atoms with Crippen molar-refractivity contribution in [3.05, 3.63) is 47.5 Å². The Morgan fingerprint density at radius 3 is 3.00 bits per heavy atom. The minimum Gasteiger partial charge on any atom is -0.335 e. The quantitative estimate of drug-likeness (QED) is 0.942. The number of nitrogens with zero attached hydrogens (tertiary/aromatic N) is 2. The van der Waals surface area contributed by atoms with Gasteiger partial charge in [-0.05, 0) is 30.4 Å². The molecule has 2 aromatic rings. The van der Waals surface area contributed by atoms with Gasteiger partial charge in [-0.3, -0.25) is 4.79 Å². The van der Waals surface area contributed by atoms with Crippen molar-refractivity contribution >= 4 is 11.6 Å². The van der Waals surface area contributed by atoms with Gasteiger partial charge in [-0.15, -0.1) is 0 Å². The van der Waals surface area contributed by atoms with Crippen LogP contribution < -0.4 is 5.32 Å². The molecule has 1 unspecified atom stereocenters. The van der Waals surface area contributed by atoms with Gasteiger partial charge in [0.2, 0.25) is 5.91 Å². The molecule has 4 nitrogen and oxygen atoms in total. The van der Waals surface area contributed by atoms with Crippen molar-refractivity contribution in [2.24, 2.45) is 5.92 Å². The van der Waals surface area contributed by atoms with Crippen molar-refractivity contribution in [2.75, 3.05) is 5.32 Å². The molecule has 1 atom stereocenters. The second-order valence-corrected chi connectivity index (χ2v) is 6.41. The first kappa shape index (κ1) is 14.8. The molecule has 1 aromatic heterocycles. The Kier molecular flexibility index (Phi) is 4.01. The molecule has 0 saturated carbocycles. The molecule has 4 heteroatoms. The number of anilines is 1. The SMILES string of the molecule is Cc1cccc(C(C)C)c1NC(=O)C1CCn2ccnc2C1. The van der Waals surface area contributed by atoms with E-state index in [1.807, 2.05) is 12.4 Å². The van der Waals surface area contributed by atoms with Crippen LogP contribution in [0, 0.1) is 12.8 Å². The average Bonchev–Trinajstić information content (AvgIpc) is 2.96. The summed E-state index contributed by atoms with van der Waals surface area (Å²) < 4.78 is 2.14. The molecule has 2 heterocycles. The van der Waals surface area contributed by atoms with Crippen LogP contribution in [0.25, 0.3) is 0 Å². The standard InChI is InChI=1S/C18H23N3O/c1-12(2)15-6-4-5-13(3)17(15)20-18(22)14-7-9-21-10-8-19-16(21)11-14/h4-6,8,10,12,14H,7,9,11H2,1-3H3,(H,20,22). The number of carbonyl (C=O) groups excluding carboxylic acids is 1. The van der Waals surface area contributed by atoms with Crippen LogP contribution in [0.4, 0.5) is 5.69 Å². The van der Waals surface area contributed by atoms with Crippen molar-refractivity contribution < 1.29 is 4.79 Å². The zero-order valence-electron chi connectivity index (χ0n) is 13.5. The fourth-order valence-electron chi connectivity index (χ4n) is 3.14. The second kappa shape index (κ2) is 5.95. The average molecular weight is 297 g/mol. The van der Waals surface area contributed by atoms with E-state index in [1.54, 1.807) is 0 Å². The lowest BCUT2D eigenvalue weighted by Gasteiger charge is -2.24. The first-order chi connectivity index (χ1) is 10.6. The maximum Gasteiger partial charge on any atom is 0.228 e. The van der Waals surface area contributed by atoms with Crippen LogP contribution in [-0.2, 0) is 17.8 Å². The Morgan fingerprint density at radius 1 is 1.41 bits per heavy atom. The minimum atomic E-state index is 0.00881. The lowest BCUT2D eigenvalue weighted by Crippen LogP contribution is -2.30. The Bertz CT molecular complexity index is 687. The lowest BCUT2D eigenvalue weighted by molar-refractivity contribution is -0.120. The minimum absolute atomic E-state index is 0.00881. The maximum absolute atomic E-state index is 12.7. The Morgan fingerprint density at radius 2 is 2.23 bits per heavy atom. The largest absolute Gasteiger partial charge is 0.335 e. The van der Waals surface area contributed by atoms with E-state index in [0.29, 0.717) is 5.92 Å². The predicted octanol–water partition coefficient (Wildman–Crippen LogP) is 3.52. The smallest absolute Gasteiger partial charge is 0.228 e. The zero-order valence-corrected chi connectivity index (χ0v) is 13.5. The molecule has 3 rings (SSSR count). The van der Waals surface area contributed by atoms with Gasteiger partial charge in [0.1, 0.15) is 5.82 Å². The third-order valence-electron chi connectivity index (χ3n) is 4.50. The van der Waals surface area contributed by atoms with Gasteiger partial charge < -0.3 is 9.88 Å². The number of benzene rings is 1. The summed E-state index contributed by atoms with van der Waals surface area (Å²) in [5.41, 5.74) is 3.30. The number of aromatic nitrogens is 2. The number of aryl methyl sites for hydroxylation is 2. The third-order valence-corrected chi connectivity index (χ3v) is 4.50. The highest BCUT2D eigenvalue weighted by atomic mass is 16.1. The molecule has 0 saturated heterocycles. The molecule has 1 aliphatic rings. The van der Waals surface area contributed by atoms with Crippen LogP contribution in [0.1, 0.15) is 43.1 Å². The van der Waals surface area contributed by atoms with Gasteiger partial charge >= 0.3 is 0 Å². The summed E-state index contributed by atoms with van der Waals surface area (Å²) in [4.78, 5) is 17.0. The number of carbonyl (C=O) groups is 1. The van der Waals surface area contributed by atoms with Crippen LogP contribution in [0.3, 0.4) is 0 Å². The second-order valence-electron chi connectivity index (χ2n) is 6.41. The molecular weight excluding hydrogens is 274 g/mol. The highest BCUT2D eigenvalue weighted by Crippen LogP contribution is 2.29. The fourth-order valence-corrected chi connectivity index (χ4v) is 3.14. The molecule has 0 spiro atoms. The van der Waals surface area contributed by atoms with E-state index in [1.165, 1.54) is 5.56 Å². The van der Waals surface area contributed by atoms with Gasteiger partial charge in [0.05, 0.1) is 0 Å². The number of amides is 1. The van der Waals surface area contributed by atoms with E-state index >= 15 is 0 Å². The molecular formula is C18H23N3O. The van der Waals surface area contributed by atoms with Crippen molar-refractivity contribution in [2.45, 2.75) is 46.1 Å². The summed E-state index contributed by atoms with van der Waals surface area (Å²) in [5.74, 6) is 1.53. The number of rotatable bonds is 3. The van der Waals surface area contributed by atoms with Crippen LogP contribution in [0.15, 0.2) is 30.6 Å².